The lowest BCUT2D eigenvalue weighted by Gasteiger charge is -2.17. The van der Waals surface area contributed by atoms with Crippen molar-refractivity contribution in [3.8, 4) is 23.6 Å². The van der Waals surface area contributed by atoms with Crippen LogP contribution in [0.15, 0.2) is 109 Å². The van der Waals surface area contributed by atoms with Crippen molar-refractivity contribution in [3.05, 3.63) is 165 Å². The van der Waals surface area contributed by atoms with Gasteiger partial charge in [-0.05, 0) is 83.1 Å². The number of carbonyl (C=O) groups excluding carboxylic acids is 1. The Labute approximate surface area is 299 Å². The highest BCUT2D eigenvalue weighted by atomic mass is 16.5. The lowest BCUT2D eigenvalue weighted by molar-refractivity contribution is 0.101. The van der Waals surface area contributed by atoms with Crippen molar-refractivity contribution in [1.82, 2.24) is 0 Å². The molecule has 51 heavy (non-hydrogen) atoms. The molecule has 2 atom stereocenters. The molecule has 0 fully saturated rings. The highest BCUT2D eigenvalue weighted by Gasteiger charge is 2.17. The second-order valence-corrected chi connectivity index (χ2v) is 11.9. The number of phenols is 1. The number of nitriles is 2. The Bertz CT molecular complexity index is 1990. The lowest BCUT2D eigenvalue weighted by atomic mass is 9.99. The molecule has 5 aromatic rings. The van der Waals surface area contributed by atoms with Crippen LogP contribution in [0.5, 0.6) is 11.5 Å². The van der Waals surface area contributed by atoms with Crippen LogP contribution in [0.1, 0.15) is 92.9 Å². The number of rotatable bonds is 13. The number of Topliss-reactive ketones (excluding diaryl/α,β-unsaturated/α-hetero) is 1. The third-order valence-electron chi connectivity index (χ3n) is 8.37. The average molecular weight is 683 g/mol. The number of carbonyl (C=O) groups is 1. The number of aliphatic hydroxyl groups is 1. The fourth-order valence-electron chi connectivity index (χ4n) is 5.75. The second kappa shape index (κ2) is 18.8. The monoisotopic (exact) mass is 682 g/mol. The highest BCUT2D eigenvalue weighted by Crippen LogP contribution is 2.34. The Balaban J connectivity index is 0.000000261. The molecule has 0 saturated heterocycles. The summed E-state index contributed by atoms with van der Waals surface area (Å²) in [7, 11) is 3.29. The van der Waals surface area contributed by atoms with Crippen LogP contribution in [0.2, 0.25) is 0 Å². The van der Waals surface area contributed by atoms with E-state index in [-0.39, 0.29) is 30.3 Å². The minimum Gasteiger partial charge on any atom is -0.507 e. The lowest BCUT2D eigenvalue weighted by Crippen LogP contribution is -2.05. The number of hydrogen-bond acceptors (Lipinski definition) is 8. The smallest absolute Gasteiger partial charge is 0.163 e. The van der Waals surface area contributed by atoms with E-state index in [4.69, 9.17) is 29.8 Å². The summed E-state index contributed by atoms with van der Waals surface area (Å²) in [4.78, 5) is 11.7. The van der Waals surface area contributed by atoms with Gasteiger partial charge >= 0.3 is 0 Å². The summed E-state index contributed by atoms with van der Waals surface area (Å²) in [6.07, 6.45) is 0.968. The van der Waals surface area contributed by atoms with Crippen molar-refractivity contribution in [2.75, 3.05) is 14.2 Å². The molecule has 8 heteroatoms. The van der Waals surface area contributed by atoms with Gasteiger partial charge < -0.3 is 24.4 Å². The van der Waals surface area contributed by atoms with Gasteiger partial charge in [0.25, 0.3) is 0 Å². The maximum Gasteiger partial charge on any atom is 0.163 e. The van der Waals surface area contributed by atoms with E-state index in [2.05, 4.69) is 12.1 Å². The van der Waals surface area contributed by atoms with Gasteiger partial charge in [-0.1, -0.05) is 86.1 Å². The van der Waals surface area contributed by atoms with Crippen LogP contribution in [0.3, 0.4) is 0 Å². The fourth-order valence-corrected chi connectivity index (χ4v) is 5.75. The van der Waals surface area contributed by atoms with Crippen LogP contribution in [0.25, 0.3) is 0 Å². The van der Waals surface area contributed by atoms with E-state index in [1.54, 1.807) is 38.5 Å². The zero-order chi connectivity index (χ0) is 36.8. The first kappa shape index (κ1) is 38.0. The van der Waals surface area contributed by atoms with Crippen LogP contribution in [0, 0.1) is 22.7 Å². The van der Waals surface area contributed by atoms with Crippen molar-refractivity contribution in [2.45, 2.75) is 52.1 Å². The van der Waals surface area contributed by atoms with Gasteiger partial charge in [0.1, 0.15) is 30.3 Å². The molecule has 0 radical (unpaired) electrons. The summed E-state index contributed by atoms with van der Waals surface area (Å²) in [5, 5.41) is 37.6. The zero-order valence-corrected chi connectivity index (χ0v) is 29.3. The molecule has 0 amide bonds. The molecular weight excluding hydrogens is 640 g/mol. The standard InChI is InChI=1S/C27H27NO4.C16H15NO2/c1-4-6-24-25(14-13-23(18(2)29)26(24)30)32-17-19-9-11-21(12-10-19)27(31-3)22-8-5-7-20(15-22)16-28;1-19-16(14-7-5-12(11-18)6-8-14)15-4-2-3-13(9-15)10-17/h5,7-15,27,30H,4,6,17H2,1-3H3;2-9,16,18H,11H2,1H3. The molecule has 5 rings (SSSR count). The predicted molar refractivity (Wildman–Crippen MR) is 195 cm³/mol. The maximum atomic E-state index is 11.7. The Kier molecular flexibility index (Phi) is 14.1. The van der Waals surface area contributed by atoms with E-state index in [0.29, 0.717) is 41.0 Å². The number of aliphatic hydroxyl groups excluding tert-OH is 1. The highest BCUT2D eigenvalue weighted by molar-refractivity contribution is 5.97. The first-order valence-corrected chi connectivity index (χ1v) is 16.6. The summed E-state index contributed by atoms with van der Waals surface area (Å²) < 4.78 is 17.2. The van der Waals surface area contributed by atoms with Crippen LogP contribution < -0.4 is 4.74 Å². The van der Waals surface area contributed by atoms with E-state index < -0.39 is 0 Å². The molecule has 0 aromatic heterocycles. The largest absolute Gasteiger partial charge is 0.507 e. The summed E-state index contributed by atoms with van der Waals surface area (Å²) in [6.45, 7) is 3.82. The molecular formula is C43H42N2O6. The number of phenolic OH excluding ortho intramolecular Hbond substituents is 1. The molecule has 8 nitrogen and oxygen atoms in total. The first-order chi connectivity index (χ1) is 24.8. The summed E-state index contributed by atoms with van der Waals surface area (Å²) >= 11 is 0. The van der Waals surface area contributed by atoms with Crippen LogP contribution >= 0.6 is 0 Å². The summed E-state index contributed by atoms with van der Waals surface area (Å²) in [5.41, 5.74) is 7.85. The minimum atomic E-state index is -0.273. The molecule has 0 spiro atoms. The van der Waals surface area contributed by atoms with E-state index >= 15 is 0 Å². The Hall–Kier alpha value is -5.77. The van der Waals surface area contributed by atoms with Gasteiger partial charge in [-0.25, -0.2) is 0 Å². The van der Waals surface area contributed by atoms with Gasteiger partial charge in [-0.15, -0.1) is 0 Å². The number of ketones is 1. The predicted octanol–water partition coefficient (Wildman–Crippen LogP) is 8.52. The number of aromatic hydroxyl groups is 1. The molecule has 0 bridgehead atoms. The Morgan fingerprint density at radius 1 is 0.725 bits per heavy atom. The maximum absolute atomic E-state index is 11.7. The SMILES string of the molecule is CCCc1c(OCc2ccc(C(OC)c3cccc(C#N)c3)cc2)ccc(C(C)=O)c1O.COC(c1ccc(CO)cc1)c1cccc(C#N)c1. The van der Waals surface area contributed by atoms with E-state index in [9.17, 15) is 9.90 Å². The van der Waals surface area contributed by atoms with E-state index in [1.807, 2.05) is 91.9 Å². The number of benzene rings is 5. The minimum absolute atomic E-state index is 0.00901. The molecule has 2 unspecified atom stereocenters. The third-order valence-corrected chi connectivity index (χ3v) is 8.37. The first-order valence-electron chi connectivity index (χ1n) is 16.6. The van der Waals surface area contributed by atoms with Crippen LogP contribution in [-0.4, -0.2) is 30.2 Å². The third kappa shape index (κ3) is 9.91. The van der Waals surface area contributed by atoms with Gasteiger partial charge in [0, 0.05) is 19.8 Å². The topological polar surface area (TPSA) is 133 Å². The zero-order valence-electron chi connectivity index (χ0n) is 29.3. The number of nitrogens with zero attached hydrogens (tertiary/aromatic N) is 2. The van der Waals surface area contributed by atoms with Crippen molar-refractivity contribution >= 4 is 5.78 Å². The van der Waals surface area contributed by atoms with Crippen molar-refractivity contribution in [2.24, 2.45) is 0 Å². The Morgan fingerprint density at radius 3 is 1.67 bits per heavy atom. The molecule has 0 saturated carbocycles. The molecule has 0 aliphatic carbocycles. The number of hydrogen-bond donors (Lipinski definition) is 2. The van der Waals surface area contributed by atoms with Crippen molar-refractivity contribution < 1.29 is 29.2 Å². The average Bonchev–Trinajstić information content (AvgIpc) is 3.17. The summed E-state index contributed by atoms with van der Waals surface area (Å²) in [5.74, 6) is 0.422. The quantitative estimate of drug-likeness (QED) is 0.118. The molecule has 0 aliphatic heterocycles. The van der Waals surface area contributed by atoms with E-state index in [1.165, 1.54) is 6.92 Å². The second-order valence-electron chi connectivity index (χ2n) is 11.9. The van der Waals surface area contributed by atoms with Gasteiger partial charge in [0.05, 0.1) is 35.4 Å². The van der Waals surface area contributed by atoms with Crippen molar-refractivity contribution in [1.29, 1.82) is 10.5 Å². The number of methoxy groups -OCH3 is 2. The van der Waals surface area contributed by atoms with Gasteiger partial charge in [-0.3, -0.25) is 4.79 Å². The van der Waals surface area contributed by atoms with Gasteiger partial charge in [0.15, 0.2) is 5.78 Å². The van der Waals surface area contributed by atoms with Gasteiger partial charge in [-0.2, -0.15) is 10.5 Å². The van der Waals surface area contributed by atoms with E-state index in [0.717, 1.165) is 39.8 Å². The number of ether oxygens (including phenoxy) is 3. The normalized spacial score (nSPS) is 11.7. The van der Waals surface area contributed by atoms with Crippen molar-refractivity contribution in [3.63, 3.8) is 0 Å². The van der Waals surface area contributed by atoms with Gasteiger partial charge in [0.2, 0.25) is 0 Å². The fraction of sp³-hybridized carbons (Fsp3) is 0.233. The Morgan fingerprint density at radius 2 is 1.24 bits per heavy atom. The van der Waals surface area contributed by atoms with Crippen LogP contribution in [-0.2, 0) is 29.1 Å². The molecule has 0 aliphatic rings. The molecule has 5 aromatic carbocycles. The molecule has 260 valence electrons. The summed E-state index contributed by atoms with van der Waals surface area (Å²) in [6, 6.07) is 37.9. The molecule has 2 N–H and O–H groups in total. The van der Waals surface area contributed by atoms with Crippen LogP contribution in [0.4, 0.5) is 0 Å². The molecule has 0 heterocycles.